The molecule has 1 fully saturated rings. The van der Waals surface area contributed by atoms with Crippen LogP contribution in [0.5, 0.6) is 0 Å². The van der Waals surface area contributed by atoms with Gasteiger partial charge < -0.3 is 5.32 Å². The SMILES string of the molecule is [ClH+]c1nc(NC2CCCCCCC2)nc(C2CC=CCCCC2)n1. The number of nitrogens with zero attached hydrogens (tertiary/aromatic N) is 3. The van der Waals surface area contributed by atoms with E-state index in [1.165, 1.54) is 64.2 Å². The molecule has 1 N–H and O–H groups in total. The van der Waals surface area contributed by atoms with Gasteiger partial charge in [-0.2, -0.15) is 9.97 Å². The minimum absolute atomic E-state index is 0.379. The van der Waals surface area contributed by atoms with Gasteiger partial charge in [0.25, 0.3) is 0 Å². The van der Waals surface area contributed by atoms with Crippen LogP contribution in [0.2, 0.25) is 5.28 Å². The van der Waals surface area contributed by atoms with Gasteiger partial charge in [0.1, 0.15) is 5.82 Å². The number of anilines is 1. The Morgan fingerprint density at radius 3 is 2.42 bits per heavy atom. The lowest BCUT2D eigenvalue weighted by Gasteiger charge is -2.21. The number of hydrogen-bond donors (Lipinski definition) is 1. The van der Waals surface area contributed by atoms with Crippen molar-refractivity contribution in [2.45, 2.75) is 89.0 Å². The van der Waals surface area contributed by atoms with Crippen LogP contribution in [0.15, 0.2) is 12.2 Å². The molecule has 0 amide bonds. The van der Waals surface area contributed by atoms with Crippen LogP contribution in [-0.4, -0.2) is 21.0 Å². The van der Waals surface area contributed by atoms with Gasteiger partial charge in [0.05, 0.1) is 0 Å². The number of nitrogens with one attached hydrogen (secondary N) is 1. The van der Waals surface area contributed by atoms with Crippen LogP contribution in [0.3, 0.4) is 0 Å². The average molecular weight is 350 g/mol. The summed E-state index contributed by atoms with van der Waals surface area (Å²) in [4.78, 5) is 13.6. The zero-order valence-corrected chi connectivity index (χ0v) is 15.4. The van der Waals surface area contributed by atoms with Crippen molar-refractivity contribution in [3.05, 3.63) is 23.3 Å². The number of rotatable bonds is 3. The molecular weight excluding hydrogens is 320 g/mol. The van der Waals surface area contributed by atoms with Crippen LogP contribution in [0.4, 0.5) is 5.95 Å². The van der Waals surface area contributed by atoms with Gasteiger partial charge in [0, 0.05) is 12.0 Å². The molecule has 24 heavy (non-hydrogen) atoms. The molecule has 1 aromatic rings. The summed E-state index contributed by atoms with van der Waals surface area (Å²) < 4.78 is 0. The molecular formula is C19H30ClN4+. The molecule has 1 heterocycles. The maximum atomic E-state index is 5.31. The smallest absolute Gasteiger partial charge is 0.351 e. The summed E-state index contributed by atoms with van der Waals surface area (Å²) >= 11 is 5.31. The van der Waals surface area contributed by atoms with E-state index in [0.29, 0.717) is 23.2 Å². The molecule has 1 unspecified atom stereocenters. The molecule has 0 radical (unpaired) electrons. The summed E-state index contributed by atoms with van der Waals surface area (Å²) in [6, 6.07) is 0.479. The minimum Gasteiger partial charge on any atom is -0.351 e. The second-order valence-electron chi connectivity index (χ2n) is 7.17. The molecule has 5 heteroatoms. The predicted octanol–water partition coefficient (Wildman–Crippen LogP) is 4.70. The maximum absolute atomic E-state index is 5.31. The molecule has 132 valence electrons. The quantitative estimate of drug-likeness (QED) is 0.804. The predicted molar refractivity (Wildman–Crippen MR) is 95.1 cm³/mol. The van der Waals surface area contributed by atoms with Crippen molar-refractivity contribution in [1.29, 1.82) is 0 Å². The van der Waals surface area contributed by atoms with Crippen LogP contribution in [0.25, 0.3) is 0 Å². The van der Waals surface area contributed by atoms with E-state index in [4.69, 9.17) is 16.6 Å². The van der Waals surface area contributed by atoms with E-state index in [-0.39, 0.29) is 0 Å². The lowest BCUT2D eigenvalue weighted by Crippen LogP contribution is -2.23. The second kappa shape index (κ2) is 9.36. The first-order valence-corrected chi connectivity index (χ1v) is 10.1. The molecule has 0 aromatic carbocycles. The van der Waals surface area contributed by atoms with Crippen molar-refractivity contribution >= 4 is 5.95 Å². The highest BCUT2D eigenvalue weighted by atomic mass is 35.5. The zero-order valence-electron chi connectivity index (χ0n) is 14.5. The van der Waals surface area contributed by atoms with Crippen molar-refractivity contribution in [1.82, 2.24) is 15.0 Å². The molecule has 3 rings (SSSR count). The van der Waals surface area contributed by atoms with E-state index < -0.39 is 0 Å². The number of hydrogen-bond acceptors (Lipinski definition) is 4. The highest BCUT2D eigenvalue weighted by molar-refractivity contribution is 5.26. The van der Waals surface area contributed by atoms with E-state index in [1.807, 2.05) is 0 Å². The van der Waals surface area contributed by atoms with Gasteiger partial charge in [0.15, 0.2) is 11.6 Å². The molecule has 0 aliphatic heterocycles. The van der Waals surface area contributed by atoms with Crippen molar-refractivity contribution in [3.8, 4) is 0 Å². The van der Waals surface area contributed by atoms with E-state index in [2.05, 4.69) is 27.4 Å². The third-order valence-electron chi connectivity index (χ3n) is 5.20. The summed E-state index contributed by atoms with van der Waals surface area (Å²) in [5, 5.41) is 3.98. The molecule has 1 saturated carbocycles. The first-order valence-electron chi connectivity index (χ1n) is 9.66. The normalized spacial score (nSPS) is 23.8. The Bertz CT molecular complexity index is 538. The molecule has 1 atom stereocenters. The van der Waals surface area contributed by atoms with Crippen LogP contribution in [0.1, 0.15) is 88.8 Å². The Labute approximate surface area is 150 Å². The molecule has 0 spiro atoms. The van der Waals surface area contributed by atoms with Gasteiger partial charge in [0.2, 0.25) is 5.95 Å². The molecule has 0 saturated heterocycles. The minimum atomic E-state index is 0.379. The summed E-state index contributed by atoms with van der Waals surface area (Å²) in [7, 11) is 0. The van der Waals surface area contributed by atoms with Crippen LogP contribution in [0, 0.1) is 11.6 Å². The van der Waals surface area contributed by atoms with Gasteiger partial charge in [-0.3, -0.25) is 0 Å². The van der Waals surface area contributed by atoms with Crippen LogP contribution >= 0.6 is 0 Å². The largest absolute Gasteiger partial charge is 0.422 e. The Morgan fingerprint density at radius 2 is 1.58 bits per heavy atom. The number of aromatic nitrogens is 3. The van der Waals surface area contributed by atoms with Crippen molar-refractivity contribution < 1.29 is 11.6 Å². The zero-order chi connectivity index (χ0) is 16.6. The highest BCUT2D eigenvalue weighted by Gasteiger charge is 2.20. The van der Waals surface area contributed by atoms with Gasteiger partial charge in [-0.05, 0) is 38.5 Å². The standard InChI is InChI=1S/C19H30ClN4/c20-18-22-17(15-11-7-3-1-4-8-12-15)23-19(24-18)21-16-13-9-5-2-6-10-14-16/h3,7,15-16,20H,1-2,4-6,8-14H2,(H,21,22,23,24)/q+1. The number of allylic oxidation sites excluding steroid dienone is 2. The average Bonchev–Trinajstić information content (AvgIpc) is 2.49. The lowest BCUT2D eigenvalue weighted by atomic mass is 9.94. The summed E-state index contributed by atoms with van der Waals surface area (Å²) in [6.07, 6.45) is 19.5. The summed E-state index contributed by atoms with van der Waals surface area (Å²) in [6.45, 7) is 0. The Balaban J connectivity index is 1.70. The van der Waals surface area contributed by atoms with Crippen molar-refractivity contribution in [3.63, 3.8) is 0 Å². The maximum Gasteiger partial charge on any atom is 0.422 e. The van der Waals surface area contributed by atoms with Gasteiger partial charge in [-0.25, -0.2) is 0 Å². The van der Waals surface area contributed by atoms with Crippen LogP contribution in [-0.2, 0) is 0 Å². The Morgan fingerprint density at radius 1 is 0.833 bits per heavy atom. The highest BCUT2D eigenvalue weighted by Crippen LogP contribution is 2.27. The topological polar surface area (TPSA) is 50.7 Å². The fourth-order valence-electron chi connectivity index (χ4n) is 3.79. The summed E-state index contributed by atoms with van der Waals surface area (Å²) in [5.74, 6) is 1.96. The van der Waals surface area contributed by atoms with E-state index in [9.17, 15) is 0 Å². The fraction of sp³-hybridized carbons (Fsp3) is 0.737. The van der Waals surface area contributed by atoms with Gasteiger partial charge >= 0.3 is 5.28 Å². The molecule has 4 nitrogen and oxygen atoms in total. The van der Waals surface area contributed by atoms with Crippen molar-refractivity contribution in [2.75, 3.05) is 5.32 Å². The van der Waals surface area contributed by atoms with Crippen molar-refractivity contribution in [2.24, 2.45) is 0 Å². The van der Waals surface area contributed by atoms with E-state index >= 15 is 0 Å². The molecule has 2 aliphatic rings. The number of halogens is 1. The third-order valence-corrected chi connectivity index (χ3v) is 5.38. The fourth-order valence-corrected chi connectivity index (χ4v) is 3.97. The molecule has 0 bridgehead atoms. The molecule has 1 aromatic heterocycles. The monoisotopic (exact) mass is 349 g/mol. The van der Waals surface area contributed by atoms with Crippen LogP contribution < -0.4 is 5.32 Å². The van der Waals surface area contributed by atoms with Gasteiger partial charge in [-0.1, -0.05) is 50.7 Å². The second-order valence-corrected chi connectivity index (χ2v) is 7.54. The summed E-state index contributed by atoms with van der Waals surface area (Å²) in [5.41, 5.74) is 0. The Kier molecular flexibility index (Phi) is 6.88. The lowest BCUT2D eigenvalue weighted by molar-refractivity contribution is -0.304. The first-order chi connectivity index (χ1) is 11.8. The Hall–Kier alpha value is -1.16. The van der Waals surface area contributed by atoms with Gasteiger partial charge in [-0.15, -0.1) is 4.98 Å². The van der Waals surface area contributed by atoms with E-state index in [0.717, 1.165) is 18.7 Å². The third kappa shape index (κ3) is 5.44. The molecule has 2 aliphatic carbocycles. The van der Waals surface area contributed by atoms with E-state index in [1.54, 1.807) is 0 Å². The first kappa shape index (κ1) is 17.7.